The molecule has 0 aliphatic heterocycles. The average Bonchev–Trinajstić information content (AvgIpc) is 3.40. The maximum Gasteiger partial charge on any atom is 0.0553 e. The predicted octanol–water partition coefficient (Wildman–Crippen LogP) is 11.7. The highest BCUT2D eigenvalue weighted by atomic mass is 79.9. The summed E-state index contributed by atoms with van der Waals surface area (Å²) in [4.78, 5) is 0. The number of para-hydroxylation sites is 1. The second-order valence-corrected chi connectivity index (χ2v) is 11.6. The van der Waals surface area contributed by atoms with Gasteiger partial charge < -0.3 is 4.57 Å². The summed E-state index contributed by atoms with van der Waals surface area (Å²) in [7, 11) is 0. The van der Waals surface area contributed by atoms with Crippen molar-refractivity contribution in [1.29, 1.82) is 0 Å². The Kier molecular flexibility index (Phi) is 6.01. The monoisotopic (exact) mass is 599 g/mol. The highest BCUT2D eigenvalue weighted by molar-refractivity contribution is 9.10. The first-order chi connectivity index (χ1) is 20.7. The van der Waals surface area contributed by atoms with Crippen LogP contribution < -0.4 is 0 Å². The Morgan fingerprint density at radius 2 is 0.881 bits per heavy atom. The minimum absolute atomic E-state index is 1.09. The van der Waals surface area contributed by atoms with Crippen molar-refractivity contribution in [3.63, 3.8) is 0 Å². The quantitative estimate of drug-likeness (QED) is 0.189. The van der Waals surface area contributed by atoms with Crippen molar-refractivity contribution in [2.75, 3.05) is 0 Å². The molecule has 0 bridgehead atoms. The number of halogens is 1. The third-order valence-corrected chi connectivity index (χ3v) is 8.81. The molecule has 1 heterocycles. The highest BCUT2D eigenvalue weighted by Gasteiger charge is 2.18. The van der Waals surface area contributed by atoms with Crippen LogP contribution in [0.15, 0.2) is 162 Å². The van der Waals surface area contributed by atoms with Crippen molar-refractivity contribution in [3.05, 3.63) is 162 Å². The first kappa shape index (κ1) is 24.8. The molecule has 0 unspecified atom stereocenters. The Morgan fingerprint density at radius 1 is 0.381 bits per heavy atom. The number of nitrogens with zero attached hydrogens (tertiary/aromatic N) is 1. The van der Waals surface area contributed by atoms with Crippen molar-refractivity contribution in [2.24, 2.45) is 0 Å². The maximum atomic E-state index is 3.55. The van der Waals surface area contributed by atoms with Gasteiger partial charge in [-0.05, 0) is 80.6 Å². The Labute approximate surface area is 253 Å². The Hall–Kier alpha value is -4.92. The van der Waals surface area contributed by atoms with Gasteiger partial charge in [0.2, 0.25) is 0 Å². The molecule has 42 heavy (non-hydrogen) atoms. The fourth-order valence-corrected chi connectivity index (χ4v) is 6.53. The molecule has 0 N–H and O–H groups in total. The standard InChI is InChI=1S/C40H26BrN/c41-32-22-18-29(19-23-32)28-14-16-31(17-15-28)37-26-39-40(35-11-5-4-10-34(35)37)36-12-6-7-13-38(36)42(39)33-24-20-30(21-25-33)27-8-2-1-3-9-27/h1-26H. The largest absolute Gasteiger partial charge is 0.309 e. The molecule has 0 spiro atoms. The molecule has 8 rings (SSSR count). The molecule has 0 amide bonds. The van der Waals surface area contributed by atoms with Gasteiger partial charge in [0.25, 0.3) is 0 Å². The Bertz CT molecular complexity index is 2210. The van der Waals surface area contributed by atoms with E-state index in [1.807, 2.05) is 0 Å². The lowest BCUT2D eigenvalue weighted by Gasteiger charge is -2.13. The van der Waals surface area contributed by atoms with E-state index in [4.69, 9.17) is 0 Å². The van der Waals surface area contributed by atoms with Gasteiger partial charge in [0.1, 0.15) is 0 Å². The molecule has 8 aromatic rings. The van der Waals surface area contributed by atoms with Gasteiger partial charge in [0.15, 0.2) is 0 Å². The number of aromatic nitrogens is 1. The number of benzene rings is 7. The number of fused-ring (bicyclic) bond motifs is 5. The molecule has 0 saturated carbocycles. The van der Waals surface area contributed by atoms with E-state index >= 15 is 0 Å². The van der Waals surface area contributed by atoms with E-state index in [-0.39, 0.29) is 0 Å². The van der Waals surface area contributed by atoms with Crippen molar-refractivity contribution in [1.82, 2.24) is 4.57 Å². The van der Waals surface area contributed by atoms with Gasteiger partial charge in [-0.2, -0.15) is 0 Å². The third kappa shape index (κ3) is 4.15. The summed E-state index contributed by atoms with van der Waals surface area (Å²) in [6, 6.07) is 57.0. The van der Waals surface area contributed by atoms with Crippen LogP contribution in [-0.4, -0.2) is 4.57 Å². The summed E-state index contributed by atoms with van der Waals surface area (Å²) in [6.07, 6.45) is 0. The summed E-state index contributed by atoms with van der Waals surface area (Å²) in [6.45, 7) is 0. The van der Waals surface area contributed by atoms with Crippen LogP contribution in [0.4, 0.5) is 0 Å². The van der Waals surface area contributed by atoms with E-state index in [1.165, 1.54) is 66.0 Å². The smallest absolute Gasteiger partial charge is 0.0553 e. The lowest BCUT2D eigenvalue weighted by atomic mass is 9.93. The van der Waals surface area contributed by atoms with Crippen LogP contribution in [0.3, 0.4) is 0 Å². The average molecular weight is 601 g/mol. The van der Waals surface area contributed by atoms with Crippen LogP contribution in [0, 0.1) is 0 Å². The van der Waals surface area contributed by atoms with Gasteiger partial charge in [-0.25, -0.2) is 0 Å². The van der Waals surface area contributed by atoms with Gasteiger partial charge in [0.05, 0.1) is 11.0 Å². The number of hydrogen-bond donors (Lipinski definition) is 0. The van der Waals surface area contributed by atoms with Crippen LogP contribution in [0.2, 0.25) is 0 Å². The molecule has 1 aromatic heterocycles. The van der Waals surface area contributed by atoms with E-state index < -0.39 is 0 Å². The molecule has 0 saturated heterocycles. The molecule has 0 aliphatic carbocycles. The van der Waals surface area contributed by atoms with Crippen LogP contribution in [0.1, 0.15) is 0 Å². The van der Waals surface area contributed by atoms with E-state index in [1.54, 1.807) is 0 Å². The molecule has 1 nitrogen and oxygen atoms in total. The summed E-state index contributed by atoms with van der Waals surface area (Å²) >= 11 is 3.55. The van der Waals surface area contributed by atoms with E-state index in [2.05, 4.69) is 178 Å². The highest BCUT2D eigenvalue weighted by Crippen LogP contribution is 2.41. The van der Waals surface area contributed by atoms with Gasteiger partial charge in [-0.15, -0.1) is 0 Å². The summed E-state index contributed by atoms with van der Waals surface area (Å²) in [5.41, 5.74) is 10.9. The van der Waals surface area contributed by atoms with Gasteiger partial charge in [0, 0.05) is 20.9 Å². The molecule has 7 aromatic carbocycles. The summed E-state index contributed by atoms with van der Waals surface area (Å²) in [5.74, 6) is 0. The van der Waals surface area contributed by atoms with E-state index in [0.717, 1.165) is 10.2 Å². The topological polar surface area (TPSA) is 4.93 Å². The molecular formula is C40H26BrN. The summed E-state index contributed by atoms with van der Waals surface area (Å²) < 4.78 is 3.51. The van der Waals surface area contributed by atoms with Crippen LogP contribution in [0.5, 0.6) is 0 Å². The molecule has 0 fully saturated rings. The lowest BCUT2D eigenvalue weighted by Crippen LogP contribution is -1.94. The Morgan fingerprint density at radius 3 is 1.57 bits per heavy atom. The van der Waals surface area contributed by atoms with Crippen molar-refractivity contribution < 1.29 is 0 Å². The molecule has 198 valence electrons. The predicted molar refractivity (Wildman–Crippen MR) is 182 cm³/mol. The molecular weight excluding hydrogens is 574 g/mol. The number of rotatable bonds is 4. The SMILES string of the molecule is Brc1ccc(-c2ccc(-c3cc4c(c5ccccc35)c3ccccc3n4-c3ccc(-c4ccccc4)cc3)cc2)cc1. The zero-order valence-corrected chi connectivity index (χ0v) is 24.4. The van der Waals surface area contributed by atoms with Crippen molar-refractivity contribution >= 4 is 48.5 Å². The Balaban J connectivity index is 1.35. The third-order valence-electron chi connectivity index (χ3n) is 8.29. The van der Waals surface area contributed by atoms with E-state index in [9.17, 15) is 0 Å². The maximum absolute atomic E-state index is 3.55. The first-order valence-corrected chi connectivity index (χ1v) is 15.0. The zero-order chi connectivity index (χ0) is 28.0. The molecule has 0 atom stereocenters. The molecule has 0 radical (unpaired) electrons. The van der Waals surface area contributed by atoms with Crippen molar-refractivity contribution in [2.45, 2.75) is 0 Å². The van der Waals surface area contributed by atoms with Crippen LogP contribution in [0.25, 0.3) is 71.6 Å². The van der Waals surface area contributed by atoms with Crippen molar-refractivity contribution in [3.8, 4) is 39.1 Å². The lowest BCUT2D eigenvalue weighted by molar-refractivity contribution is 1.18. The van der Waals surface area contributed by atoms with Crippen LogP contribution >= 0.6 is 15.9 Å². The van der Waals surface area contributed by atoms with Gasteiger partial charge in [-0.3, -0.25) is 0 Å². The second kappa shape index (κ2) is 10.2. The van der Waals surface area contributed by atoms with Gasteiger partial charge in [-0.1, -0.05) is 137 Å². The summed E-state index contributed by atoms with van der Waals surface area (Å²) in [5, 5.41) is 5.11. The minimum atomic E-state index is 1.09. The zero-order valence-electron chi connectivity index (χ0n) is 22.8. The first-order valence-electron chi connectivity index (χ1n) is 14.2. The molecule has 0 aliphatic rings. The molecule has 2 heteroatoms. The van der Waals surface area contributed by atoms with Gasteiger partial charge >= 0.3 is 0 Å². The fourth-order valence-electron chi connectivity index (χ4n) is 6.26. The number of hydrogen-bond acceptors (Lipinski definition) is 0. The van der Waals surface area contributed by atoms with E-state index in [0.29, 0.717) is 0 Å². The second-order valence-electron chi connectivity index (χ2n) is 10.7. The minimum Gasteiger partial charge on any atom is -0.309 e. The van der Waals surface area contributed by atoms with Crippen LogP contribution in [-0.2, 0) is 0 Å². The fraction of sp³-hybridized carbons (Fsp3) is 0. The normalized spacial score (nSPS) is 11.5.